The van der Waals surface area contributed by atoms with Gasteiger partial charge >= 0.3 is 0 Å². The molecule has 0 fully saturated rings. The Labute approximate surface area is 143 Å². The molecule has 118 valence electrons. The summed E-state index contributed by atoms with van der Waals surface area (Å²) >= 11 is 11.8. The van der Waals surface area contributed by atoms with Gasteiger partial charge in [0, 0.05) is 27.0 Å². The molecular weight excluding hydrogens is 335 g/mol. The van der Waals surface area contributed by atoms with Crippen LogP contribution in [0.4, 0.5) is 5.69 Å². The number of benzene rings is 1. The summed E-state index contributed by atoms with van der Waals surface area (Å²) in [6.07, 6.45) is 3.33. The average molecular weight is 349 g/mol. The van der Waals surface area contributed by atoms with Gasteiger partial charge in [-0.2, -0.15) is 5.10 Å². The molecule has 7 heteroatoms. The molecule has 0 aliphatic carbocycles. The molecule has 0 aliphatic heterocycles. The number of aromatic nitrogens is 3. The highest BCUT2D eigenvalue weighted by Crippen LogP contribution is 2.22. The fourth-order valence-corrected chi connectivity index (χ4v) is 2.80. The highest BCUT2D eigenvalue weighted by Gasteiger charge is 2.11. The molecule has 0 saturated carbocycles. The van der Waals surface area contributed by atoms with E-state index in [-0.39, 0.29) is 11.9 Å². The van der Waals surface area contributed by atoms with Crippen LogP contribution in [-0.4, -0.2) is 20.7 Å². The van der Waals surface area contributed by atoms with Crippen molar-refractivity contribution in [2.24, 2.45) is 0 Å². The third kappa shape index (κ3) is 3.30. The maximum Gasteiger partial charge on any atom is 0.255 e. The largest absolute Gasteiger partial charge is 0.321 e. The van der Waals surface area contributed by atoms with Crippen molar-refractivity contribution in [2.75, 3.05) is 5.32 Å². The second kappa shape index (κ2) is 6.18. The van der Waals surface area contributed by atoms with E-state index >= 15 is 0 Å². The Hall–Kier alpha value is -2.11. The van der Waals surface area contributed by atoms with Crippen molar-refractivity contribution < 1.29 is 4.79 Å². The van der Waals surface area contributed by atoms with Crippen molar-refractivity contribution in [2.45, 2.75) is 19.9 Å². The maximum absolute atomic E-state index is 12.3. The van der Waals surface area contributed by atoms with Crippen LogP contribution in [0.2, 0.25) is 10.0 Å². The molecule has 5 nitrogen and oxygen atoms in total. The fraction of sp³-hybridized carbons (Fsp3) is 0.188. The zero-order valence-corrected chi connectivity index (χ0v) is 14.1. The number of fused-ring (bicyclic) bond motifs is 1. The molecular formula is C16H14Cl2N4O. The molecule has 23 heavy (non-hydrogen) atoms. The molecule has 0 saturated heterocycles. The molecule has 1 N–H and O–H groups in total. The van der Waals surface area contributed by atoms with Crippen LogP contribution in [0.25, 0.3) is 11.0 Å². The Balaban J connectivity index is 1.87. The minimum atomic E-state index is -0.299. The van der Waals surface area contributed by atoms with Gasteiger partial charge in [-0.15, -0.1) is 0 Å². The number of hydrogen-bond acceptors (Lipinski definition) is 3. The van der Waals surface area contributed by atoms with Gasteiger partial charge in [0.25, 0.3) is 5.91 Å². The lowest BCUT2D eigenvalue weighted by molar-refractivity contribution is 0.102. The first kappa shape index (κ1) is 15.8. The van der Waals surface area contributed by atoms with E-state index in [2.05, 4.69) is 15.4 Å². The van der Waals surface area contributed by atoms with E-state index in [1.807, 2.05) is 24.6 Å². The lowest BCUT2D eigenvalue weighted by atomic mass is 10.2. The van der Waals surface area contributed by atoms with Crippen LogP contribution in [-0.2, 0) is 0 Å². The number of halogens is 2. The average Bonchev–Trinajstić information content (AvgIpc) is 2.89. The van der Waals surface area contributed by atoms with Crippen molar-refractivity contribution in [3.63, 3.8) is 0 Å². The van der Waals surface area contributed by atoms with Gasteiger partial charge in [-0.25, -0.2) is 9.67 Å². The van der Waals surface area contributed by atoms with E-state index in [1.54, 1.807) is 30.6 Å². The highest BCUT2D eigenvalue weighted by molar-refractivity contribution is 6.35. The summed E-state index contributed by atoms with van der Waals surface area (Å²) in [7, 11) is 0. The number of pyridine rings is 1. The Morgan fingerprint density at radius 2 is 1.83 bits per heavy atom. The summed E-state index contributed by atoms with van der Waals surface area (Å²) in [6.45, 7) is 4.07. The van der Waals surface area contributed by atoms with Crippen LogP contribution in [0.5, 0.6) is 0 Å². The Bertz CT molecular complexity index is 869. The maximum atomic E-state index is 12.3. The Morgan fingerprint density at radius 3 is 2.48 bits per heavy atom. The predicted molar refractivity (Wildman–Crippen MR) is 92.3 cm³/mol. The summed E-state index contributed by atoms with van der Waals surface area (Å²) in [5.74, 6) is -0.299. The number of nitrogens with zero attached hydrogens (tertiary/aromatic N) is 3. The van der Waals surface area contributed by atoms with Gasteiger partial charge in [-0.3, -0.25) is 4.79 Å². The quantitative estimate of drug-likeness (QED) is 0.753. The van der Waals surface area contributed by atoms with Gasteiger partial charge < -0.3 is 5.32 Å². The number of carbonyl (C=O) groups is 1. The monoisotopic (exact) mass is 348 g/mol. The van der Waals surface area contributed by atoms with Crippen LogP contribution in [0.15, 0.2) is 36.7 Å². The standard InChI is InChI=1S/C16H14Cl2N4O/c1-9(2)22-15-11(7-20-22)5-14(8-19-15)21-16(23)10-3-12(17)6-13(18)4-10/h3-9H,1-2H3,(H,21,23). The number of nitrogens with one attached hydrogen (secondary N) is 1. The lowest BCUT2D eigenvalue weighted by Crippen LogP contribution is -2.12. The molecule has 0 unspecified atom stereocenters. The SMILES string of the molecule is CC(C)n1ncc2cc(NC(=O)c3cc(Cl)cc(Cl)c3)cnc21. The minimum Gasteiger partial charge on any atom is -0.321 e. The van der Waals surface area contributed by atoms with E-state index in [0.717, 1.165) is 11.0 Å². The van der Waals surface area contributed by atoms with Gasteiger partial charge in [-0.05, 0) is 38.1 Å². The molecule has 0 spiro atoms. The van der Waals surface area contributed by atoms with Gasteiger partial charge in [0.05, 0.1) is 18.1 Å². The number of amides is 1. The minimum absolute atomic E-state index is 0.217. The third-order valence-corrected chi connectivity index (χ3v) is 3.74. The Kier molecular flexibility index (Phi) is 4.24. The topological polar surface area (TPSA) is 59.8 Å². The zero-order valence-electron chi connectivity index (χ0n) is 12.5. The third-order valence-electron chi connectivity index (χ3n) is 3.31. The molecule has 2 aromatic heterocycles. The normalized spacial score (nSPS) is 11.2. The van der Waals surface area contributed by atoms with Gasteiger partial charge in [-0.1, -0.05) is 23.2 Å². The van der Waals surface area contributed by atoms with E-state index in [4.69, 9.17) is 23.2 Å². The molecule has 3 rings (SSSR count). The summed E-state index contributed by atoms with van der Waals surface area (Å²) < 4.78 is 1.83. The number of carbonyl (C=O) groups excluding carboxylic acids is 1. The lowest BCUT2D eigenvalue weighted by Gasteiger charge is -2.08. The zero-order chi connectivity index (χ0) is 16.6. The van der Waals surface area contributed by atoms with Crippen LogP contribution in [0.1, 0.15) is 30.2 Å². The van der Waals surface area contributed by atoms with Crippen LogP contribution < -0.4 is 5.32 Å². The van der Waals surface area contributed by atoms with Crippen molar-refractivity contribution >= 4 is 45.8 Å². The molecule has 2 heterocycles. The summed E-state index contributed by atoms with van der Waals surface area (Å²) in [4.78, 5) is 16.7. The molecule has 0 radical (unpaired) electrons. The predicted octanol–water partition coefficient (Wildman–Crippen LogP) is 4.57. The fourth-order valence-electron chi connectivity index (χ4n) is 2.27. The van der Waals surface area contributed by atoms with Crippen molar-refractivity contribution in [1.82, 2.24) is 14.8 Å². The Morgan fingerprint density at radius 1 is 1.13 bits per heavy atom. The van der Waals surface area contributed by atoms with Gasteiger partial charge in [0.1, 0.15) is 0 Å². The van der Waals surface area contributed by atoms with Gasteiger partial charge in [0.15, 0.2) is 5.65 Å². The number of hydrogen-bond donors (Lipinski definition) is 1. The highest BCUT2D eigenvalue weighted by atomic mass is 35.5. The van der Waals surface area contributed by atoms with Crippen molar-refractivity contribution in [3.05, 3.63) is 52.3 Å². The number of rotatable bonds is 3. The summed E-state index contributed by atoms with van der Waals surface area (Å²) in [5, 5.41) is 8.78. The summed E-state index contributed by atoms with van der Waals surface area (Å²) in [5.41, 5.74) is 1.76. The molecule has 0 aliphatic rings. The first-order valence-electron chi connectivity index (χ1n) is 7.05. The van der Waals surface area contributed by atoms with E-state index in [0.29, 0.717) is 21.3 Å². The van der Waals surface area contributed by atoms with Crippen LogP contribution in [0, 0.1) is 0 Å². The van der Waals surface area contributed by atoms with E-state index < -0.39 is 0 Å². The van der Waals surface area contributed by atoms with Crippen molar-refractivity contribution in [3.8, 4) is 0 Å². The molecule has 0 bridgehead atoms. The molecule has 1 aromatic carbocycles. The van der Waals surface area contributed by atoms with E-state index in [1.165, 1.54) is 0 Å². The van der Waals surface area contributed by atoms with Gasteiger partial charge in [0.2, 0.25) is 0 Å². The number of anilines is 1. The van der Waals surface area contributed by atoms with Crippen LogP contribution in [0.3, 0.4) is 0 Å². The van der Waals surface area contributed by atoms with Crippen LogP contribution >= 0.6 is 23.2 Å². The smallest absolute Gasteiger partial charge is 0.255 e. The molecule has 0 atom stereocenters. The molecule has 3 aromatic rings. The second-order valence-electron chi connectivity index (χ2n) is 5.43. The summed E-state index contributed by atoms with van der Waals surface area (Å²) in [6, 6.07) is 6.75. The first-order chi connectivity index (χ1) is 10.9. The second-order valence-corrected chi connectivity index (χ2v) is 6.30. The van der Waals surface area contributed by atoms with Crippen molar-refractivity contribution in [1.29, 1.82) is 0 Å². The molecule has 1 amide bonds. The van der Waals surface area contributed by atoms with E-state index in [9.17, 15) is 4.79 Å². The first-order valence-corrected chi connectivity index (χ1v) is 7.80.